The summed E-state index contributed by atoms with van der Waals surface area (Å²) in [7, 11) is 2.13. The van der Waals surface area contributed by atoms with Gasteiger partial charge in [0.15, 0.2) is 0 Å². The number of hydrogen-bond donors (Lipinski definition) is 2. The Morgan fingerprint density at radius 3 is 1.70 bits per heavy atom. The molecule has 0 unspecified atom stereocenters. The number of piperazine rings is 1. The van der Waals surface area contributed by atoms with Gasteiger partial charge in [-0.15, -0.1) is 0 Å². The number of carboxylic acids is 2. The van der Waals surface area contributed by atoms with E-state index in [0.29, 0.717) is 18.7 Å². The Labute approximate surface area is 192 Å². The molecule has 8 nitrogen and oxygen atoms in total. The highest BCUT2D eigenvalue weighted by molar-refractivity contribution is 6.07. The van der Waals surface area contributed by atoms with Gasteiger partial charge in [0, 0.05) is 38.3 Å². The lowest BCUT2D eigenvalue weighted by Crippen LogP contribution is -2.48. The quantitative estimate of drug-likeness (QED) is 0.692. The van der Waals surface area contributed by atoms with Gasteiger partial charge in [0.05, 0.1) is 17.9 Å². The van der Waals surface area contributed by atoms with Gasteiger partial charge in [-0.05, 0) is 30.3 Å². The lowest BCUT2D eigenvalue weighted by molar-refractivity contribution is -0.134. The SMILES string of the molecule is CN1CCN(CC(=O)N2c3ccccc3C=Cc3ccccc32)CC1.O=C(O)/C=C\C(=O)O. The number of hydrogen-bond acceptors (Lipinski definition) is 5. The summed E-state index contributed by atoms with van der Waals surface area (Å²) in [6, 6.07) is 16.2. The summed E-state index contributed by atoms with van der Waals surface area (Å²) in [5, 5.41) is 15.6. The summed E-state index contributed by atoms with van der Waals surface area (Å²) in [5.41, 5.74) is 4.07. The number of carbonyl (C=O) groups excluding carboxylic acids is 1. The van der Waals surface area contributed by atoms with Gasteiger partial charge in [0.1, 0.15) is 0 Å². The maximum atomic E-state index is 13.3. The fourth-order valence-corrected chi connectivity index (χ4v) is 3.65. The molecule has 2 heterocycles. The number of para-hydroxylation sites is 2. The third-order valence-corrected chi connectivity index (χ3v) is 5.37. The minimum absolute atomic E-state index is 0.133. The number of likely N-dealkylation sites (N-methyl/N-ethyl adjacent to an activating group) is 1. The standard InChI is InChI=1S/C21H23N3O.C4H4O4/c1-22-12-14-23(15-13-22)16-21(25)24-19-8-4-2-6-17(19)10-11-18-7-3-5-9-20(18)24;5-3(6)1-2-4(7)8/h2-11H,12-16H2,1H3;1-2H,(H,5,6)(H,7,8)/b;2-1-. The van der Waals surface area contributed by atoms with Crippen molar-refractivity contribution in [3.63, 3.8) is 0 Å². The number of anilines is 2. The van der Waals surface area contributed by atoms with Crippen molar-refractivity contribution >= 4 is 41.4 Å². The monoisotopic (exact) mass is 449 g/mol. The largest absolute Gasteiger partial charge is 0.478 e. The molecule has 33 heavy (non-hydrogen) atoms. The smallest absolute Gasteiger partial charge is 0.328 e. The molecule has 172 valence electrons. The number of carbonyl (C=O) groups is 3. The number of rotatable bonds is 4. The molecule has 1 fully saturated rings. The first-order valence-corrected chi connectivity index (χ1v) is 10.6. The van der Waals surface area contributed by atoms with E-state index in [4.69, 9.17) is 10.2 Å². The molecule has 0 aliphatic carbocycles. The first kappa shape index (κ1) is 23.9. The van der Waals surface area contributed by atoms with E-state index >= 15 is 0 Å². The zero-order valence-corrected chi connectivity index (χ0v) is 18.4. The lowest BCUT2D eigenvalue weighted by Gasteiger charge is -2.33. The Bertz CT molecular complexity index is 1010. The molecular formula is C25H27N3O5. The number of benzene rings is 2. The Kier molecular flexibility index (Phi) is 8.12. The van der Waals surface area contributed by atoms with E-state index in [2.05, 4.69) is 41.1 Å². The molecule has 0 spiro atoms. The molecule has 2 N–H and O–H groups in total. The normalized spacial score (nSPS) is 15.7. The third kappa shape index (κ3) is 6.61. The number of nitrogens with zero attached hydrogens (tertiary/aromatic N) is 3. The maximum absolute atomic E-state index is 13.3. The molecule has 0 atom stereocenters. The van der Waals surface area contributed by atoms with Gasteiger partial charge in [0.25, 0.3) is 0 Å². The molecule has 0 saturated carbocycles. The molecule has 0 radical (unpaired) electrons. The van der Waals surface area contributed by atoms with Crippen LogP contribution in [-0.2, 0) is 14.4 Å². The van der Waals surface area contributed by atoms with Crippen molar-refractivity contribution in [3.05, 3.63) is 71.8 Å². The van der Waals surface area contributed by atoms with Crippen molar-refractivity contribution in [2.75, 3.05) is 44.7 Å². The molecule has 1 saturated heterocycles. The molecule has 2 aromatic rings. The molecule has 0 aromatic heterocycles. The van der Waals surface area contributed by atoms with Crippen LogP contribution in [0.5, 0.6) is 0 Å². The summed E-state index contributed by atoms with van der Waals surface area (Å²) in [6.07, 6.45) is 5.30. The first-order valence-electron chi connectivity index (χ1n) is 10.6. The number of amides is 1. The zero-order chi connectivity index (χ0) is 23.8. The van der Waals surface area contributed by atoms with E-state index < -0.39 is 11.9 Å². The summed E-state index contributed by atoms with van der Waals surface area (Å²) in [6.45, 7) is 4.37. The lowest BCUT2D eigenvalue weighted by atomic mass is 10.1. The molecule has 1 amide bonds. The van der Waals surface area contributed by atoms with Crippen molar-refractivity contribution in [2.24, 2.45) is 0 Å². The van der Waals surface area contributed by atoms with Gasteiger partial charge in [-0.1, -0.05) is 48.6 Å². The van der Waals surface area contributed by atoms with Crippen LogP contribution in [0, 0.1) is 0 Å². The van der Waals surface area contributed by atoms with Crippen LogP contribution < -0.4 is 4.90 Å². The van der Waals surface area contributed by atoms with Crippen LogP contribution in [0.4, 0.5) is 11.4 Å². The highest BCUT2D eigenvalue weighted by Gasteiger charge is 2.26. The fraction of sp³-hybridized carbons (Fsp3) is 0.240. The van der Waals surface area contributed by atoms with Crippen LogP contribution in [0.1, 0.15) is 11.1 Å². The zero-order valence-electron chi connectivity index (χ0n) is 18.4. The molecular weight excluding hydrogens is 422 g/mol. The number of carboxylic acid groups (broad SMARTS) is 2. The minimum atomic E-state index is -1.26. The average molecular weight is 450 g/mol. The van der Waals surface area contributed by atoms with Gasteiger partial charge in [-0.2, -0.15) is 0 Å². The van der Waals surface area contributed by atoms with E-state index in [1.165, 1.54) is 0 Å². The summed E-state index contributed by atoms with van der Waals surface area (Å²) in [5.74, 6) is -2.38. The van der Waals surface area contributed by atoms with E-state index in [-0.39, 0.29) is 5.91 Å². The number of fused-ring (bicyclic) bond motifs is 2. The van der Waals surface area contributed by atoms with Gasteiger partial charge < -0.3 is 15.1 Å². The molecule has 0 bridgehead atoms. The Hall–Kier alpha value is -3.75. The van der Waals surface area contributed by atoms with E-state index in [1.54, 1.807) is 0 Å². The predicted octanol–water partition coefficient (Wildman–Crippen LogP) is 2.79. The van der Waals surface area contributed by atoms with Crippen LogP contribution in [0.2, 0.25) is 0 Å². The van der Waals surface area contributed by atoms with E-state index in [0.717, 1.165) is 48.7 Å². The summed E-state index contributed by atoms with van der Waals surface area (Å²) >= 11 is 0. The highest BCUT2D eigenvalue weighted by Crippen LogP contribution is 2.36. The highest BCUT2D eigenvalue weighted by atomic mass is 16.4. The van der Waals surface area contributed by atoms with Gasteiger partial charge in [-0.3, -0.25) is 14.6 Å². The molecule has 2 aliphatic rings. The van der Waals surface area contributed by atoms with E-state index in [1.807, 2.05) is 41.3 Å². The maximum Gasteiger partial charge on any atom is 0.328 e. The second-order valence-electron chi connectivity index (χ2n) is 7.77. The van der Waals surface area contributed by atoms with Crippen molar-refractivity contribution in [1.82, 2.24) is 9.80 Å². The first-order chi connectivity index (χ1) is 15.8. The Morgan fingerprint density at radius 1 is 0.788 bits per heavy atom. The average Bonchev–Trinajstić information content (AvgIpc) is 2.96. The Morgan fingerprint density at radius 2 is 1.24 bits per heavy atom. The number of aliphatic carboxylic acids is 2. The van der Waals surface area contributed by atoms with Gasteiger partial charge in [0.2, 0.25) is 5.91 Å². The molecule has 4 rings (SSSR count). The third-order valence-electron chi connectivity index (χ3n) is 5.37. The predicted molar refractivity (Wildman–Crippen MR) is 127 cm³/mol. The topological polar surface area (TPSA) is 101 Å². The summed E-state index contributed by atoms with van der Waals surface area (Å²) in [4.78, 5) is 38.8. The second-order valence-corrected chi connectivity index (χ2v) is 7.77. The molecule has 2 aromatic carbocycles. The minimum Gasteiger partial charge on any atom is -0.478 e. The molecule has 2 aliphatic heterocycles. The summed E-state index contributed by atoms with van der Waals surface area (Å²) < 4.78 is 0. The van der Waals surface area contributed by atoms with Crippen molar-refractivity contribution in [2.45, 2.75) is 0 Å². The van der Waals surface area contributed by atoms with Crippen LogP contribution in [-0.4, -0.2) is 77.6 Å². The second kappa shape index (κ2) is 11.2. The fourth-order valence-electron chi connectivity index (χ4n) is 3.65. The Balaban J connectivity index is 0.000000331. The van der Waals surface area contributed by atoms with Gasteiger partial charge >= 0.3 is 11.9 Å². The van der Waals surface area contributed by atoms with E-state index in [9.17, 15) is 14.4 Å². The van der Waals surface area contributed by atoms with Crippen LogP contribution in [0.15, 0.2) is 60.7 Å². The van der Waals surface area contributed by atoms with Crippen molar-refractivity contribution in [1.29, 1.82) is 0 Å². The molecule has 8 heteroatoms. The van der Waals surface area contributed by atoms with Crippen LogP contribution in [0.25, 0.3) is 12.2 Å². The van der Waals surface area contributed by atoms with Gasteiger partial charge in [-0.25, -0.2) is 9.59 Å². The van der Waals surface area contributed by atoms with Crippen molar-refractivity contribution < 1.29 is 24.6 Å². The van der Waals surface area contributed by atoms with Crippen LogP contribution in [0.3, 0.4) is 0 Å². The van der Waals surface area contributed by atoms with Crippen LogP contribution >= 0.6 is 0 Å². The van der Waals surface area contributed by atoms with Crippen molar-refractivity contribution in [3.8, 4) is 0 Å².